The summed E-state index contributed by atoms with van der Waals surface area (Å²) in [4.78, 5) is 8.37. The normalized spacial score (nSPS) is 16.5. The van der Waals surface area contributed by atoms with Gasteiger partial charge in [-0.15, -0.1) is 0 Å². The van der Waals surface area contributed by atoms with Gasteiger partial charge in [-0.25, -0.2) is 8.78 Å². The van der Waals surface area contributed by atoms with E-state index in [1.165, 1.54) is 12.1 Å². The first-order valence-electron chi connectivity index (χ1n) is 11.0. The minimum atomic E-state index is -0.561. The minimum Gasteiger partial charge on any atom is -0.494 e. The molecule has 2 aromatic rings. The van der Waals surface area contributed by atoms with Crippen molar-refractivity contribution in [2.24, 2.45) is 4.99 Å². The van der Waals surface area contributed by atoms with Gasteiger partial charge in [-0.3, -0.25) is 4.99 Å². The molecular weight excluding hydrogens is 412 g/mol. The van der Waals surface area contributed by atoms with Gasteiger partial charge in [0.05, 0.1) is 12.3 Å². The van der Waals surface area contributed by atoms with Crippen molar-refractivity contribution in [3.8, 4) is 5.75 Å². The van der Waals surface area contributed by atoms with Gasteiger partial charge in [0.25, 0.3) is 0 Å². The first-order valence-corrected chi connectivity index (χ1v) is 11.0. The molecule has 1 atom stereocenters. The molecule has 0 spiro atoms. The molecule has 1 unspecified atom stereocenters. The van der Waals surface area contributed by atoms with Gasteiger partial charge in [-0.05, 0) is 56.8 Å². The molecular formula is C24H33F2N5O. The van der Waals surface area contributed by atoms with Crippen LogP contribution in [0.4, 0.5) is 14.5 Å². The number of guanidine groups is 1. The van der Waals surface area contributed by atoms with E-state index in [1.54, 1.807) is 7.05 Å². The average molecular weight is 446 g/mol. The van der Waals surface area contributed by atoms with Crippen molar-refractivity contribution in [2.45, 2.75) is 25.4 Å². The van der Waals surface area contributed by atoms with Crippen LogP contribution in [0.2, 0.25) is 0 Å². The van der Waals surface area contributed by atoms with Crippen molar-refractivity contribution in [1.82, 2.24) is 15.5 Å². The number of nitrogens with zero attached hydrogens (tertiary/aromatic N) is 3. The zero-order valence-electron chi connectivity index (χ0n) is 19.1. The highest BCUT2D eigenvalue weighted by Crippen LogP contribution is 2.24. The molecule has 32 heavy (non-hydrogen) atoms. The monoisotopic (exact) mass is 445 g/mol. The Bertz CT molecular complexity index is 888. The Balaban J connectivity index is 1.43. The SMILES string of the molecule is CN=C(NCc1ccc(OCCCN(C)C)cc1)NC1CCN(c2ccc(F)cc2F)C1. The Morgan fingerprint density at radius 3 is 2.66 bits per heavy atom. The molecule has 0 aliphatic carbocycles. The summed E-state index contributed by atoms with van der Waals surface area (Å²) in [6, 6.07) is 11.9. The largest absolute Gasteiger partial charge is 0.494 e. The summed E-state index contributed by atoms with van der Waals surface area (Å²) in [5, 5.41) is 6.71. The molecule has 1 aliphatic heterocycles. The number of rotatable bonds is 9. The molecule has 174 valence electrons. The number of hydrogen-bond acceptors (Lipinski definition) is 4. The molecule has 6 nitrogen and oxygen atoms in total. The van der Waals surface area contributed by atoms with Crippen LogP contribution in [0.15, 0.2) is 47.5 Å². The third-order valence-corrected chi connectivity index (χ3v) is 5.40. The fourth-order valence-corrected chi connectivity index (χ4v) is 3.68. The Morgan fingerprint density at radius 1 is 1.19 bits per heavy atom. The van der Waals surface area contributed by atoms with Crippen LogP contribution in [0.1, 0.15) is 18.4 Å². The number of anilines is 1. The minimum absolute atomic E-state index is 0.128. The van der Waals surface area contributed by atoms with E-state index < -0.39 is 11.6 Å². The van der Waals surface area contributed by atoms with Gasteiger partial charge in [0.2, 0.25) is 0 Å². The zero-order chi connectivity index (χ0) is 22.9. The van der Waals surface area contributed by atoms with Crippen LogP contribution >= 0.6 is 0 Å². The van der Waals surface area contributed by atoms with Crippen LogP contribution < -0.4 is 20.3 Å². The highest BCUT2D eigenvalue weighted by molar-refractivity contribution is 5.80. The van der Waals surface area contributed by atoms with Gasteiger partial charge in [-0.2, -0.15) is 0 Å². The summed E-state index contributed by atoms with van der Waals surface area (Å²) in [6.45, 7) is 3.66. The van der Waals surface area contributed by atoms with E-state index in [4.69, 9.17) is 4.74 Å². The molecule has 0 saturated carbocycles. The maximum absolute atomic E-state index is 14.1. The van der Waals surface area contributed by atoms with Gasteiger partial charge in [0, 0.05) is 45.3 Å². The summed E-state index contributed by atoms with van der Waals surface area (Å²) in [5.41, 5.74) is 1.55. The van der Waals surface area contributed by atoms with E-state index in [0.29, 0.717) is 37.9 Å². The van der Waals surface area contributed by atoms with E-state index in [9.17, 15) is 8.78 Å². The van der Waals surface area contributed by atoms with Gasteiger partial charge >= 0.3 is 0 Å². The summed E-state index contributed by atoms with van der Waals surface area (Å²) in [6.07, 6.45) is 1.84. The Hall–Kier alpha value is -2.87. The smallest absolute Gasteiger partial charge is 0.191 e. The fraction of sp³-hybridized carbons (Fsp3) is 0.458. The molecule has 8 heteroatoms. The lowest BCUT2D eigenvalue weighted by molar-refractivity contribution is 0.281. The van der Waals surface area contributed by atoms with Crippen LogP contribution in [0, 0.1) is 11.6 Å². The molecule has 1 aliphatic rings. The molecule has 3 rings (SSSR count). The molecule has 1 saturated heterocycles. The summed E-state index contributed by atoms with van der Waals surface area (Å²) in [7, 11) is 5.84. The van der Waals surface area contributed by atoms with Crippen molar-refractivity contribution < 1.29 is 13.5 Å². The second kappa shape index (κ2) is 11.7. The van der Waals surface area contributed by atoms with Gasteiger partial charge in [0.15, 0.2) is 5.96 Å². The summed E-state index contributed by atoms with van der Waals surface area (Å²) < 4.78 is 33.0. The lowest BCUT2D eigenvalue weighted by atomic mass is 10.2. The predicted octanol–water partition coefficient (Wildman–Crippen LogP) is 3.24. The van der Waals surface area contributed by atoms with Crippen LogP contribution in [-0.2, 0) is 6.54 Å². The first-order chi connectivity index (χ1) is 15.4. The number of nitrogens with one attached hydrogen (secondary N) is 2. The maximum Gasteiger partial charge on any atom is 0.191 e. The molecule has 2 aromatic carbocycles. The highest BCUT2D eigenvalue weighted by atomic mass is 19.1. The topological polar surface area (TPSA) is 52.1 Å². The van der Waals surface area contributed by atoms with E-state index in [-0.39, 0.29) is 6.04 Å². The number of hydrogen-bond donors (Lipinski definition) is 2. The fourth-order valence-electron chi connectivity index (χ4n) is 3.68. The van der Waals surface area contributed by atoms with Crippen LogP contribution in [0.3, 0.4) is 0 Å². The second-order valence-electron chi connectivity index (χ2n) is 8.25. The first kappa shape index (κ1) is 23.8. The van der Waals surface area contributed by atoms with E-state index in [0.717, 1.165) is 36.8 Å². The predicted molar refractivity (Wildman–Crippen MR) is 125 cm³/mol. The highest BCUT2D eigenvalue weighted by Gasteiger charge is 2.25. The second-order valence-corrected chi connectivity index (χ2v) is 8.25. The lowest BCUT2D eigenvalue weighted by Gasteiger charge is -2.21. The molecule has 0 amide bonds. The molecule has 1 fully saturated rings. The van der Waals surface area contributed by atoms with E-state index in [1.807, 2.05) is 29.2 Å². The summed E-state index contributed by atoms with van der Waals surface area (Å²) >= 11 is 0. The third kappa shape index (κ3) is 7.09. The quantitative estimate of drug-likeness (QED) is 0.353. The number of ether oxygens (including phenoxy) is 1. The van der Waals surface area contributed by atoms with Crippen LogP contribution in [0.5, 0.6) is 5.75 Å². The zero-order valence-corrected chi connectivity index (χ0v) is 19.1. The Labute approximate surface area is 189 Å². The average Bonchev–Trinajstić information content (AvgIpc) is 3.23. The van der Waals surface area contributed by atoms with Gasteiger partial charge in [-0.1, -0.05) is 12.1 Å². The van der Waals surface area contributed by atoms with E-state index >= 15 is 0 Å². The van der Waals surface area contributed by atoms with Crippen molar-refractivity contribution >= 4 is 11.6 Å². The maximum atomic E-state index is 14.1. The molecule has 2 N–H and O–H groups in total. The standard InChI is InChI=1S/C24H33F2N5O/c1-27-24(28-16-18-5-8-21(9-6-18)32-14-4-12-30(2)3)29-20-11-13-31(17-20)23-10-7-19(25)15-22(23)26/h5-10,15,20H,4,11-14,16-17H2,1-3H3,(H2,27,28,29). The van der Waals surface area contributed by atoms with Crippen molar-refractivity contribution in [1.29, 1.82) is 0 Å². The molecule has 0 radical (unpaired) electrons. The van der Waals surface area contributed by atoms with Crippen LogP contribution in [-0.4, -0.2) is 64.3 Å². The molecule has 1 heterocycles. The van der Waals surface area contributed by atoms with Crippen LogP contribution in [0.25, 0.3) is 0 Å². The number of halogens is 2. The summed E-state index contributed by atoms with van der Waals surface area (Å²) in [5.74, 6) is 0.474. The number of aliphatic imine (C=N–C) groups is 1. The van der Waals surface area contributed by atoms with Gasteiger partial charge in [0.1, 0.15) is 17.4 Å². The Morgan fingerprint density at radius 2 is 1.97 bits per heavy atom. The van der Waals surface area contributed by atoms with Crippen molar-refractivity contribution in [2.75, 3.05) is 52.3 Å². The van der Waals surface area contributed by atoms with Crippen molar-refractivity contribution in [3.63, 3.8) is 0 Å². The Kier molecular flexibility index (Phi) is 8.67. The molecule has 0 bridgehead atoms. The molecule has 0 aromatic heterocycles. The van der Waals surface area contributed by atoms with Gasteiger partial charge < -0.3 is 25.2 Å². The lowest BCUT2D eigenvalue weighted by Crippen LogP contribution is -2.44. The van der Waals surface area contributed by atoms with E-state index in [2.05, 4.69) is 34.6 Å². The third-order valence-electron chi connectivity index (χ3n) is 5.40. The number of benzene rings is 2. The van der Waals surface area contributed by atoms with Crippen molar-refractivity contribution in [3.05, 3.63) is 59.7 Å².